The van der Waals surface area contributed by atoms with Gasteiger partial charge in [0.25, 0.3) is 0 Å². The van der Waals surface area contributed by atoms with E-state index in [1.807, 2.05) is 30.3 Å². The van der Waals surface area contributed by atoms with Gasteiger partial charge in [-0.3, -0.25) is 0 Å². The van der Waals surface area contributed by atoms with Crippen molar-refractivity contribution in [3.05, 3.63) is 65.7 Å². The summed E-state index contributed by atoms with van der Waals surface area (Å²) in [5.74, 6) is 1.74. The van der Waals surface area contributed by atoms with Crippen LogP contribution in [0, 0.1) is 0 Å². The van der Waals surface area contributed by atoms with Crippen molar-refractivity contribution < 1.29 is 9.57 Å². The molecule has 0 saturated carbocycles. The van der Waals surface area contributed by atoms with Crippen molar-refractivity contribution in [2.24, 2.45) is 5.16 Å². The quantitative estimate of drug-likeness (QED) is 0.873. The highest BCUT2D eigenvalue weighted by atomic mass is 16.7. The predicted molar refractivity (Wildman–Crippen MR) is 87.8 cm³/mol. The Kier molecular flexibility index (Phi) is 3.42. The average Bonchev–Trinajstić information content (AvgIpc) is 3.16. The fraction of sp³-hybridized carbons (Fsp3) is 0.278. The van der Waals surface area contributed by atoms with Crippen LogP contribution in [0.4, 0.5) is 0 Å². The Morgan fingerprint density at radius 3 is 2.52 bits per heavy atom. The van der Waals surface area contributed by atoms with Crippen LogP contribution in [0.5, 0.6) is 5.75 Å². The number of rotatable bonds is 3. The average molecular weight is 309 g/mol. The first kappa shape index (κ1) is 14.1. The summed E-state index contributed by atoms with van der Waals surface area (Å²) in [6, 6.07) is 18.6. The largest absolute Gasteiger partial charge is 0.497 e. The summed E-state index contributed by atoms with van der Waals surface area (Å²) >= 11 is 0. The van der Waals surface area contributed by atoms with Gasteiger partial charge in [-0.05, 0) is 17.7 Å². The Morgan fingerprint density at radius 1 is 1.09 bits per heavy atom. The SMILES string of the molecule is COc1ccc([C@H]2C[C@@H]3ON=C(c4ccccc4)N3N2C)cc1. The molecule has 2 atom stereocenters. The van der Waals surface area contributed by atoms with E-state index in [-0.39, 0.29) is 12.3 Å². The third-order valence-electron chi connectivity index (χ3n) is 4.50. The van der Waals surface area contributed by atoms with Crippen molar-refractivity contribution in [2.75, 3.05) is 14.2 Å². The molecular formula is C18H19N3O2. The molecule has 23 heavy (non-hydrogen) atoms. The molecule has 5 heteroatoms. The van der Waals surface area contributed by atoms with Gasteiger partial charge in [-0.15, -0.1) is 0 Å². The Bertz CT molecular complexity index is 715. The van der Waals surface area contributed by atoms with E-state index < -0.39 is 0 Å². The predicted octanol–water partition coefficient (Wildman–Crippen LogP) is 3.01. The van der Waals surface area contributed by atoms with Crippen molar-refractivity contribution in [3.63, 3.8) is 0 Å². The third-order valence-corrected chi connectivity index (χ3v) is 4.50. The fourth-order valence-electron chi connectivity index (χ4n) is 3.27. The number of methoxy groups -OCH3 is 1. The monoisotopic (exact) mass is 309 g/mol. The van der Waals surface area contributed by atoms with Crippen LogP contribution in [-0.4, -0.2) is 36.2 Å². The highest BCUT2D eigenvalue weighted by Gasteiger charge is 2.45. The zero-order chi connectivity index (χ0) is 15.8. The van der Waals surface area contributed by atoms with Crippen molar-refractivity contribution >= 4 is 5.84 Å². The van der Waals surface area contributed by atoms with Crippen LogP contribution in [0.2, 0.25) is 0 Å². The van der Waals surface area contributed by atoms with Gasteiger partial charge in [-0.25, -0.2) is 10.0 Å². The van der Waals surface area contributed by atoms with Crippen LogP contribution < -0.4 is 4.74 Å². The van der Waals surface area contributed by atoms with E-state index in [9.17, 15) is 0 Å². The number of ether oxygens (including phenoxy) is 1. The van der Waals surface area contributed by atoms with Crippen molar-refractivity contribution in [1.29, 1.82) is 0 Å². The van der Waals surface area contributed by atoms with Gasteiger partial charge in [0.15, 0.2) is 5.84 Å². The number of fused-ring (bicyclic) bond motifs is 1. The number of hydrazine groups is 1. The van der Waals surface area contributed by atoms with Gasteiger partial charge >= 0.3 is 0 Å². The molecule has 1 saturated heterocycles. The summed E-state index contributed by atoms with van der Waals surface area (Å²) in [6.45, 7) is 0. The molecule has 0 aromatic heterocycles. The molecule has 0 spiro atoms. The molecule has 2 aliphatic heterocycles. The molecule has 0 radical (unpaired) electrons. The Balaban J connectivity index is 1.60. The molecule has 4 rings (SSSR count). The lowest BCUT2D eigenvalue weighted by Gasteiger charge is -2.28. The maximum atomic E-state index is 5.66. The van der Waals surface area contributed by atoms with Crippen LogP contribution in [0.3, 0.4) is 0 Å². The molecule has 0 aliphatic carbocycles. The van der Waals surface area contributed by atoms with E-state index in [4.69, 9.17) is 9.57 Å². The van der Waals surface area contributed by atoms with E-state index in [0.29, 0.717) is 0 Å². The van der Waals surface area contributed by atoms with Crippen LogP contribution >= 0.6 is 0 Å². The minimum absolute atomic E-state index is 0.0395. The minimum Gasteiger partial charge on any atom is -0.497 e. The van der Waals surface area contributed by atoms with E-state index in [1.165, 1.54) is 5.56 Å². The maximum absolute atomic E-state index is 5.66. The molecule has 2 aromatic carbocycles. The summed E-state index contributed by atoms with van der Waals surface area (Å²) in [6.07, 6.45) is 0.838. The van der Waals surface area contributed by atoms with Gasteiger partial charge in [0.1, 0.15) is 5.75 Å². The molecule has 118 valence electrons. The second kappa shape index (κ2) is 5.59. The zero-order valence-electron chi connectivity index (χ0n) is 13.2. The van der Waals surface area contributed by atoms with E-state index in [0.717, 1.165) is 23.6 Å². The molecule has 0 amide bonds. The van der Waals surface area contributed by atoms with E-state index in [1.54, 1.807) is 7.11 Å². The molecule has 0 bridgehead atoms. The summed E-state index contributed by atoms with van der Waals surface area (Å²) < 4.78 is 5.24. The Labute approximate surface area is 135 Å². The zero-order valence-corrected chi connectivity index (χ0v) is 13.2. The van der Waals surface area contributed by atoms with E-state index in [2.05, 4.69) is 46.5 Å². The topological polar surface area (TPSA) is 37.3 Å². The number of nitrogens with zero attached hydrogens (tertiary/aromatic N) is 3. The first-order valence-corrected chi connectivity index (χ1v) is 7.73. The number of hydrogen-bond donors (Lipinski definition) is 0. The molecule has 5 nitrogen and oxygen atoms in total. The normalized spacial score (nSPS) is 23.4. The van der Waals surface area contributed by atoms with Crippen LogP contribution in [0.1, 0.15) is 23.6 Å². The smallest absolute Gasteiger partial charge is 0.216 e. The second-order valence-electron chi connectivity index (χ2n) is 5.78. The Hall–Kier alpha value is -2.53. The minimum atomic E-state index is -0.0395. The van der Waals surface area contributed by atoms with Gasteiger partial charge in [0, 0.05) is 19.0 Å². The number of oxime groups is 1. The van der Waals surface area contributed by atoms with Gasteiger partial charge in [-0.1, -0.05) is 47.6 Å². The highest BCUT2D eigenvalue weighted by molar-refractivity contribution is 5.99. The first-order valence-electron chi connectivity index (χ1n) is 7.73. The van der Waals surface area contributed by atoms with Crippen LogP contribution in [-0.2, 0) is 4.84 Å². The van der Waals surface area contributed by atoms with Crippen LogP contribution in [0.15, 0.2) is 59.8 Å². The van der Waals surface area contributed by atoms with Gasteiger partial charge < -0.3 is 9.57 Å². The van der Waals surface area contributed by atoms with Crippen molar-refractivity contribution in [1.82, 2.24) is 10.0 Å². The molecule has 2 heterocycles. The highest BCUT2D eigenvalue weighted by Crippen LogP contribution is 2.39. The summed E-state index contributed by atoms with van der Waals surface area (Å²) in [4.78, 5) is 5.66. The lowest BCUT2D eigenvalue weighted by molar-refractivity contribution is -0.0265. The van der Waals surface area contributed by atoms with Crippen molar-refractivity contribution in [3.8, 4) is 5.75 Å². The van der Waals surface area contributed by atoms with Crippen LogP contribution in [0.25, 0.3) is 0 Å². The summed E-state index contributed by atoms with van der Waals surface area (Å²) in [5, 5.41) is 8.63. The summed E-state index contributed by atoms with van der Waals surface area (Å²) in [7, 11) is 3.77. The van der Waals surface area contributed by atoms with Crippen molar-refractivity contribution in [2.45, 2.75) is 18.7 Å². The Morgan fingerprint density at radius 2 is 1.83 bits per heavy atom. The lowest BCUT2D eigenvalue weighted by Crippen LogP contribution is -2.41. The number of hydrogen-bond acceptors (Lipinski definition) is 5. The number of benzene rings is 2. The molecule has 2 aromatic rings. The van der Waals surface area contributed by atoms with Gasteiger partial charge in [0.2, 0.25) is 6.23 Å². The molecule has 1 fully saturated rings. The van der Waals surface area contributed by atoms with Gasteiger partial charge in [0.05, 0.1) is 13.2 Å². The number of amidine groups is 1. The molecule has 0 unspecified atom stereocenters. The molecular weight excluding hydrogens is 290 g/mol. The molecule has 0 N–H and O–H groups in total. The first-order chi connectivity index (χ1) is 11.3. The summed E-state index contributed by atoms with van der Waals surface area (Å²) in [5.41, 5.74) is 2.32. The third kappa shape index (κ3) is 2.33. The standard InChI is InChI=1S/C18H19N3O2/c1-20-16(13-8-10-15(22-2)11-9-13)12-17-21(20)18(19-23-17)14-6-4-3-5-7-14/h3-11,16-17H,12H2,1-2H3/t16-,17+/m1/s1. The van der Waals surface area contributed by atoms with E-state index >= 15 is 0 Å². The second-order valence-corrected chi connectivity index (χ2v) is 5.78. The molecule has 2 aliphatic rings. The lowest BCUT2D eigenvalue weighted by atomic mass is 10.0. The fourth-order valence-corrected chi connectivity index (χ4v) is 3.27. The maximum Gasteiger partial charge on any atom is 0.216 e. The van der Waals surface area contributed by atoms with Gasteiger partial charge in [-0.2, -0.15) is 0 Å².